The van der Waals surface area contributed by atoms with Crippen molar-refractivity contribution in [2.75, 3.05) is 33.3 Å². The topological polar surface area (TPSA) is 72.3 Å². The molecule has 2 atom stereocenters. The molecule has 2 saturated heterocycles. The average Bonchev–Trinajstić information content (AvgIpc) is 3.01. The van der Waals surface area contributed by atoms with Crippen LogP contribution in [-0.2, 0) is 23.1 Å². The summed E-state index contributed by atoms with van der Waals surface area (Å²) in [6.45, 7) is 4.00. The summed E-state index contributed by atoms with van der Waals surface area (Å²) in [6.07, 6.45) is 2.72. The van der Waals surface area contributed by atoms with Gasteiger partial charge in [-0.05, 0) is 18.9 Å². The van der Waals surface area contributed by atoms with Crippen molar-refractivity contribution in [2.45, 2.75) is 13.0 Å². The molecule has 0 aliphatic carbocycles. The number of hydrogen-bond donors (Lipinski definition) is 1. The molecule has 0 bridgehead atoms. The standard InChI is InChI=1S/C13H21N5O2/c1-17-9-15-11(16-17)6-18-5-10-3-4-14-7-13(10,8-18)12(19)20-2/h9-10,14H,3-8H2,1-2H3. The third-order valence-corrected chi connectivity index (χ3v) is 4.48. The van der Waals surface area contributed by atoms with E-state index in [4.69, 9.17) is 4.74 Å². The molecule has 1 aromatic rings. The van der Waals surface area contributed by atoms with E-state index in [1.165, 1.54) is 7.11 Å². The highest BCUT2D eigenvalue weighted by molar-refractivity contribution is 5.78. The summed E-state index contributed by atoms with van der Waals surface area (Å²) in [4.78, 5) is 18.8. The number of carbonyl (C=O) groups excluding carboxylic acids is 1. The van der Waals surface area contributed by atoms with Crippen molar-refractivity contribution in [3.05, 3.63) is 12.2 Å². The van der Waals surface area contributed by atoms with Gasteiger partial charge in [0.15, 0.2) is 5.82 Å². The minimum Gasteiger partial charge on any atom is -0.469 e. The monoisotopic (exact) mass is 279 g/mol. The number of aryl methyl sites for hydroxylation is 1. The second-order valence-electron chi connectivity index (χ2n) is 5.81. The Hall–Kier alpha value is -1.47. The van der Waals surface area contributed by atoms with Gasteiger partial charge in [-0.25, -0.2) is 4.98 Å². The van der Waals surface area contributed by atoms with Crippen molar-refractivity contribution in [1.82, 2.24) is 25.0 Å². The molecule has 0 aromatic carbocycles. The predicted octanol–water partition coefficient (Wildman–Crippen LogP) is -0.600. The Morgan fingerprint density at radius 2 is 2.50 bits per heavy atom. The van der Waals surface area contributed by atoms with E-state index in [0.29, 0.717) is 19.0 Å². The average molecular weight is 279 g/mol. The second-order valence-corrected chi connectivity index (χ2v) is 5.81. The summed E-state index contributed by atoms with van der Waals surface area (Å²) >= 11 is 0. The second kappa shape index (κ2) is 5.14. The van der Waals surface area contributed by atoms with E-state index >= 15 is 0 Å². The Labute approximate surface area is 118 Å². The first-order valence-corrected chi connectivity index (χ1v) is 7.00. The van der Waals surface area contributed by atoms with Gasteiger partial charge < -0.3 is 10.1 Å². The molecule has 3 rings (SSSR count). The highest BCUT2D eigenvalue weighted by atomic mass is 16.5. The molecule has 0 amide bonds. The van der Waals surface area contributed by atoms with Crippen LogP contribution in [0.4, 0.5) is 0 Å². The lowest BCUT2D eigenvalue weighted by Crippen LogP contribution is -2.52. The minimum absolute atomic E-state index is 0.0915. The number of fused-ring (bicyclic) bond motifs is 1. The number of piperidine rings is 1. The van der Waals surface area contributed by atoms with E-state index in [2.05, 4.69) is 20.3 Å². The zero-order chi connectivity index (χ0) is 14.2. The highest BCUT2D eigenvalue weighted by Crippen LogP contribution is 2.41. The first-order valence-electron chi connectivity index (χ1n) is 7.00. The lowest BCUT2D eigenvalue weighted by atomic mass is 9.74. The summed E-state index contributed by atoms with van der Waals surface area (Å²) in [5.74, 6) is 1.07. The number of methoxy groups -OCH3 is 1. The van der Waals surface area contributed by atoms with Gasteiger partial charge in [0.1, 0.15) is 6.33 Å². The molecule has 110 valence electrons. The van der Waals surface area contributed by atoms with Gasteiger partial charge in [0, 0.05) is 26.7 Å². The Morgan fingerprint density at radius 1 is 1.65 bits per heavy atom. The molecule has 2 aliphatic rings. The van der Waals surface area contributed by atoms with Crippen LogP contribution in [0.1, 0.15) is 12.2 Å². The van der Waals surface area contributed by atoms with Crippen LogP contribution in [0, 0.1) is 11.3 Å². The van der Waals surface area contributed by atoms with E-state index in [1.807, 2.05) is 7.05 Å². The number of rotatable bonds is 3. The maximum Gasteiger partial charge on any atom is 0.314 e. The molecule has 7 heteroatoms. The first-order chi connectivity index (χ1) is 9.64. The molecule has 0 spiro atoms. The van der Waals surface area contributed by atoms with Gasteiger partial charge in [-0.3, -0.25) is 14.4 Å². The largest absolute Gasteiger partial charge is 0.469 e. The maximum atomic E-state index is 12.2. The van der Waals surface area contributed by atoms with Gasteiger partial charge in [-0.15, -0.1) is 0 Å². The van der Waals surface area contributed by atoms with Gasteiger partial charge in [-0.2, -0.15) is 5.10 Å². The molecule has 0 saturated carbocycles. The van der Waals surface area contributed by atoms with Crippen molar-refractivity contribution in [3.63, 3.8) is 0 Å². The van der Waals surface area contributed by atoms with Crippen LogP contribution in [-0.4, -0.2) is 58.9 Å². The van der Waals surface area contributed by atoms with Crippen molar-refractivity contribution >= 4 is 5.97 Å². The fourth-order valence-electron chi connectivity index (χ4n) is 3.52. The van der Waals surface area contributed by atoms with E-state index in [-0.39, 0.29) is 5.97 Å². The molecule has 0 radical (unpaired) electrons. The van der Waals surface area contributed by atoms with Crippen LogP contribution in [0.2, 0.25) is 0 Å². The summed E-state index contributed by atoms with van der Waals surface area (Å²) in [6, 6.07) is 0. The molecule has 1 N–H and O–H groups in total. The van der Waals surface area contributed by atoms with Crippen LogP contribution < -0.4 is 5.32 Å². The molecule has 2 fully saturated rings. The first kappa shape index (κ1) is 13.5. The SMILES string of the molecule is COC(=O)C12CNCCC1CN(Cc1ncn(C)n1)C2. The van der Waals surface area contributed by atoms with Gasteiger partial charge in [0.25, 0.3) is 0 Å². The normalized spacial score (nSPS) is 30.2. The number of carbonyl (C=O) groups is 1. The molecule has 2 aliphatic heterocycles. The van der Waals surface area contributed by atoms with E-state index < -0.39 is 5.41 Å². The quantitative estimate of drug-likeness (QED) is 0.745. The molecule has 3 heterocycles. The van der Waals surface area contributed by atoms with E-state index in [9.17, 15) is 4.79 Å². The molecule has 20 heavy (non-hydrogen) atoms. The van der Waals surface area contributed by atoms with Crippen molar-refractivity contribution < 1.29 is 9.53 Å². The zero-order valence-electron chi connectivity index (χ0n) is 12.0. The number of esters is 1. The number of nitrogens with one attached hydrogen (secondary N) is 1. The maximum absolute atomic E-state index is 12.2. The fourth-order valence-corrected chi connectivity index (χ4v) is 3.52. The van der Waals surface area contributed by atoms with Gasteiger partial charge in [0.2, 0.25) is 0 Å². The molecular formula is C13H21N5O2. The molecule has 2 unspecified atom stereocenters. The number of likely N-dealkylation sites (tertiary alicyclic amines) is 1. The fraction of sp³-hybridized carbons (Fsp3) is 0.769. The number of nitrogens with zero attached hydrogens (tertiary/aromatic N) is 4. The van der Waals surface area contributed by atoms with Crippen LogP contribution in [0.5, 0.6) is 0 Å². The Morgan fingerprint density at radius 3 is 3.20 bits per heavy atom. The molecule has 1 aromatic heterocycles. The van der Waals surface area contributed by atoms with Crippen molar-refractivity contribution in [2.24, 2.45) is 18.4 Å². The Kier molecular flexibility index (Phi) is 3.47. The van der Waals surface area contributed by atoms with Crippen molar-refractivity contribution in [1.29, 1.82) is 0 Å². The Bertz CT molecular complexity index is 503. The third kappa shape index (κ3) is 2.20. The highest BCUT2D eigenvalue weighted by Gasteiger charge is 2.53. The summed E-state index contributed by atoms with van der Waals surface area (Å²) in [5.41, 5.74) is -0.401. The summed E-state index contributed by atoms with van der Waals surface area (Å²) < 4.78 is 6.76. The van der Waals surface area contributed by atoms with Crippen molar-refractivity contribution in [3.8, 4) is 0 Å². The van der Waals surface area contributed by atoms with Crippen LogP contribution in [0.25, 0.3) is 0 Å². The van der Waals surface area contributed by atoms with Gasteiger partial charge in [0.05, 0.1) is 19.1 Å². The number of hydrogen-bond acceptors (Lipinski definition) is 6. The lowest BCUT2D eigenvalue weighted by molar-refractivity contribution is -0.155. The van der Waals surface area contributed by atoms with Crippen LogP contribution in [0.3, 0.4) is 0 Å². The third-order valence-electron chi connectivity index (χ3n) is 4.48. The van der Waals surface area contributed by atoms with E-state index in [1.54, 1.807) is 11.0 Å². The Balaban J connectivity index is 1.75. The number of aromatic nitrogens is 3. The van der Waals surface area contributed by atoms with Gasteiger partial charge in [-0.1, -0.05) is 0 Å². The van der Waals surface area contributed by atoms with Gasteiger partial charge >= 0.3 is 5.97 Å². The molecular weight excluding hydrogens is 258 g/mol. The minimum atomic E-state index is -0.401. The predicted molar refractivity (Wildman–Crippen MR) is 71.7 cm³/mol. The lowest BCUT2D eigenvalue weighted by Gasteiger charge is -2.36. The van der Waals surface area contributed by atoms with Crippen LogP contribution in [0.15, 0.2) is 6.33 Å². The van der Waals surface area contributed by atoms with E-state index in [0.717, 1.165) is 31.9 Å². The number of ether oxygens (including phenoxy) is 1. The molecule has 7 nitrogen and oxygen atoms in total. The smallest absolute Gasteiger partial charge is 0.314 e. The van der Waals surface area contributed by atoms with Crippen LogP contribution >= 0.6 is 0 Å². The summed E-state index contributed by atoms with van der Waals surface area (Å²) in [5, 5.41) is 7.65. The summed E-state index contributed by atoms with van der Waals surface area (Å²) in [7, 11) is 3.34. The zero-order valence-corrected chi connectivity index (χ0v) is 12.0.